The van der Waals surface area contributed by atoms with Gasteiger partial charge in [0.1, 0.15) is 11.6 Å². The van der Waals surface area contributed by atoms with Crippen molar-refractivity contribution in [2.75, 3.05) is 24.2 Å². The molecule has 0 aliphatic heterocycles. The Labute approximate surface area is 121 Å². The van der Waals surface area contributed by atoms with Gasteiger partial charge in [-0.1, -0.05) is 6.42 Å². The zero-order valence-corrected chi connectivity index (χ0v) is 11.9. The van der Waals surface area contributed by atoms with Crippen molar-refractivity contribution in [3.63, 3.8) is 0 Å². The highest BCUT2D eigenvalue weighted by Crippen LogP contribution is 2.32. The zero-order valence-electron chi connectivity index (χ0n) is 11.9. The van der Waals surface area contributed by atoms with E-state index in [-0.39, 0.29) is 23.7 Å². The molecule has 0 saturated heterocycles. The third-order valence-electron chi connectivity index (χ3n) is 3.74. The van der Waals surface area contributed by atoms with Crippen LogP contribution in [0.4, 0.5) is 24.8 Å². The zero-order chi connectivity index (χ0) is 15.5. The van der Waals surface area contributed by atoms with Gasteiger partial charge in [0.25, 0.3) is 0 Å². The van der Waals surface area contributed by atoms with E-state index in [2.05, 4.69) is 15.6 Å². The fourth-order valence-corrected chi connectivity index (χ4v) is 2.61. The molecule has 4 nitrogen and oxygen atoms in total. The standard InChI is InChI=1S/C14H20F3N3O/c1-18-12-6-10(14(15,16)17)7-13(20-12)19-8-9-3-2-4-11(21)5-9/h6-7,9,11,21H,2-5,8H2,1H3,(H2,18,19,20). The van der Waals surface area contributed by atoms with E-state index in [1.54, 1.807) is 0 Å². The van der Waals surface area contributed by atoms with E-state index in [9.17, 15) is 18.3 Å². The Morgan fingerprint density at radius 3 is 2.62 bits per heavy atom. The molecule has 1 aromatic heterocycles. The molecule has 0 bridgehead atoms. The van der Waals surface area contributed by atoms with Crippen LogP contribution in [0.25, 0.3) is 0 Å². The van der Waals surface area contributed by atoms with Crippen molar-refractivity contribution in [2.24, 2.45) is 5.92 Å². The quantitative estimate of drug-likeness (QED) is 0.800. The summed E-state index contributed by atoms with van der Waals surface area (Å²) in [6.07, 6.45) is -1.28. The molecule has 21 heavy (non-hydrogen) atoms. The molecular weight excluding hydrogens is 283 g/mol. The van der Waals surface area contributed by atoms with Crippen LogP contribution < -0.4 is 10.6 Å². The number of pyridine rings is 1. The van der Waals surface area contributed by atoms with Gasteiger partial charge in [0.15, 0.2) is 0 Å². The van der Waals surface area contributed by atoms with Gasteiger partial charge in [-0.3, -0.25) is 0 Å². The predicted octanol–water partition coefficient (Wildman–Crippen LogP) is 3.11. The number of nitrogens with zero attached hydrogens (tertiary/aromatic N) is 1. The molecule has 1 aliphatic carbocycles. The number of alkyl halides is 3. The van der Waals surface area contributed by atoms with Gasteiger partial charge in [-0.25, -0.2) is 4.98 Å². The monoisotopic (exact) mass is 303 g/mol. The van der Waals surface area contributed by atoms with Crippen LogP contribution in [0.5, 0.6) is 0 Å². The number of hydrogen-bond donors (Lipinski definition) is 3. The Morgan fingerprint density at radius 1 is 1.29 bits per heavy atom. The summed E-state index contributed by atoms with van der Waals surface area (Å²) in [5.74, 6) is 0.647. The third kappa shape index (κ3) is 4.49. The average Bonchev–Trinajstić information content (AvgIpc) is 2.44. The summed E-state index contributed by atoms with van der Waals surface area (Å²) < 4.78 is 38.4. The van der Waals surface area contributed by atoms with E-state index in [1.165, 1.54) is 7.05 Å². The maximum Gasteiger partial charge on any atom is 0.416 e. The minimum absolute atomic E-state index is 0.177. The first-order valence-electron chi connectivity index (χ1n) is 7.07. The second-order valence-corrected chi connectivity index (χ2v) is 5.44. The van der Waals surface area contributed by atoms with E-state index in [0.717, 1.165) is 31.4 Å². The van der Waals surface area contributed by atoms with Crippen molar-refractivity contribution in [3.05, 3.63) is 17.7 Å². The predicted molar refractivity (Wildman–Crippen MR) is 75.2 cm³/mol. The van der Waals surface area contributed by atoms with Crippen molar-refractivity contribution in [3.8, 4) is 0 Å². The van der Waals surface area contributed by atoms with Crippen LogP contribution >= 0.6 is 0 Å². The number of rotatable bonds is 4. The molecule has 1 aliphatic rings. The number of nitrogens with one attached hydrogen (secondary N) is 2. The Hall–Kier alpha value is -1.50. The highest BCUT2D eigenvalue weighted by molar-refractivity contribution is 5.49. The summed E-state index contributed by atoms with van der Waals surface area (Å²) in [4.78, 5) is 4.08. The molecule has 3 N–H and O–H groups in total. The molecule has 1 heterocycles. The van der Waals surface area contributed by atoms with Crippen molar-refractivity contribution in [1.29, 1.82) is 0 Å². The van der Waals surface area contributed by atoms with E-state index in [0.29, 0.717) is 13.0 Å². The fraction of sp³-hybridized carbons (Fsp3) is 0.643. The number of aliphatic hydroxyl groups excluding tert-OH is 1. The summed E-state index contributed by atoms with van der Waals surface area (Å²) in [6, 6.07) is 2.00. The molecule has 7 heteroatoms. The first-order valence-corrected chi connectivity index (χ1v) is 7.07. The van der Waals surface area contributed by atoms with Crippen LogP contribution in [-0.2, 0) is 6.18 Å². The Balaban J connectivity index is 2.05. The van der Waals surface area contributed by atoms with E-state index in [4.69, 9.17) is 0 Å². The number of halogens is 3. The highest BCUT2D eigenvalue weighted by Gasteiger charge is 2.31. The summed E-state index contributed by atoms with van der Waals surface area (Å²) >= 11 is 0. The van der Waals surface area contributed by atoms with Crippen LogP contribution in [0.1, 0.15) is 31.2 Å². The Bertz CT molecular complexity index is 479. The molecule has 2 atom stereocenters. The lowest BCUT2D eigenvalue weighted by Crippen LogP contribution is -2.25. The largest absolute Gasteiger partial charge is 0.416 e. The minimum atomic E-state index is -4.40. The van der Waals surface area contributed by atoms with Gasteiger partial charge in [-0.05, 0) is 37.3 Å². The van der Waals surface area contributed by atoms with Crippen molar-refractivity contribution < 1.29 is 18.3 Å². The average molecular weight is 303 g/mol. The van der Waals surface area contributed by atoms with Gasteiger partial charge in [0.2, 0.25) is 0 Å². The smallest absolute Gasteiger partial charge is 0.393 e. The SMILES string of the molecule is CNc1cc(C(F)(F)F)cc(NCC2CCCC(O)C2)n1. The molecule has 1 fully saturated rings. The number of aliphatic hydroxyl groups is 1. The molecule has 0 amide bonds. The van der Waals surface area contributed by atoms with Gasteiger partial charge in [-0.15, -0.1) is 0 Å². The molecular formula is C14H20F3N3O. The van der Waals surface area contributed by atoms with Gasteiger partial charge in [0.05, 0.1) is 11.7 Å². The highest BCUT2D eigenvalue weighted by atomic mass is 19.4. The van der Waals surface area contributed by atoms with Crippen molar-refractivity contribution in [1.82, 2.24) is 4.98 Å². The van der Waals surface area contributed by atoms with Gasteiger partial charge < -0.3 is 15.7 Å². The van der Waals surface area contributed by atoms with Crippen LogP contribution in [-0.4, -0.2) is 29.8 Å². The van der Waals surface area contributed by atoms with Crippen LogP contribution in [0.3, 0.4) is 0 Å². The summed E-state index contributed by atoms with van der Waals surface area (Å²) in [5.41, 5.74) is -0.729. The number of aromatic nitrogens is 1. The molecule has 2 rings (SSSR count). The topological polar surface area (TPSA) is 57.2 Å². The molecule has 0 radical (unpaired) electrons. The molecule has 2 unspecified atom stereocenters. The molecule has 1 aromatic rings. The lowest BCUT2D eigenvalue weighted by Gasteiger charge is -2.26. The van der Waals surface area contributed by atoms with Crippen LogP contribution in [0.15, 0.2) is 12.1 Å². The van der Waals surface area contributed by atoms with Gasteiger partial charge >= 0.3 is 6.18 Å². The number of hydrogen-bond acceptors (Lipinski definition) is 4. The third-order valence-corrected chi connectivity index (χ3v) is 3.74. The Kier molecular flexibility index (Phi) is 4.92. The normalized spacial score (nSPS) is 22.9. The molecule has 0 aromatic carbocycles. The maximum absolute atomic E-state index is 12.8. The summed E-state index contributed by atoms with van der Waals surface area (Å²) in [7, 11) is 1.53. The van der Waals surface area contributed by atoms with Gasteiger partial charge in [0, 0.05) is 13.6 Å². The van der Waals surface area contributed by atoms with E-state index < -0.39 is 11.7 Å². The molecule has 1 saturated carbocycles. The van der Waals surface area contributed by atoms with Crippen LogP contribution in [0.2, 0.25) is 0 Å². The Morgan fingerprint density at radius 2 is 2.00 bits per heavy atom. The summed E-state index contributed by atoms with van der Waals surface area (Å²) in [6.45, 7) is 0.522. The van der Waals surface area contributed by atoms with E-state index in [1.807, 2.05) is 0 Å². The van der Waals surface area contributed by atoms with E-state index >= 15 is 0 Å². The van der Waals surface area contributed by atoms with Gasteiger partial charge in [-0.2, -0.15) is 13.2 Å². The minimum Gasteiger partial charge on any atom is -0.393 e. The lowest BCUT2D eigenvalue weighted by atomic mass is 9.87. The van der Waals surface area contributed by atoms with Crippen LogP contribution in [0, 0.1) is 5.92 Å². The van der Waals surface area contributed by atoms with Crippen molar-refractivity contribution >= 4 is 11.6 Å². The lowest BCUT2D eigenvalue weighted by molar-refractivity contribution is -0.137. The second kappa shape index (κ2) is 6.51. The molecule has 118 valence electrons. The maximum atomic E-state index is 12.8. The second-order valence-electron chi connectivity index (χ2n) is 5.44. The first kappa shape index (κ1) is 15.9. The number of anilines is 2. The van der Waals surface area contributed by atoms with Crippen molar-refractivity contribution in [2.45, 2.75) is 38.0 Å². The summed E-state index contributed by atoms with van der Waals surface area (Å²) in [5, 5.41) is 15.2. The molecule has 0 spiro atoms. The first-order chi connectivity index (χ1) is 9.88. The fourth-order valence-electron chi connectivity index (χ4n) is 2.61.